The van der Waals surface area contributed by atoms with Crippen LogP contribution in [0.1, 0.15) is 30.9 Å². The van der Waals surface area contributed by atoms with Gasteiger partial charge in [-0.1, -0.05) is 0 Å². The summed E-state index contributed by atoms with van der Waals surface area (Å²) in [6.45, 7) is 1.14. The lowest BCUT2D eigenvalue weighted by molar-refractivity contribution is -0.122. The van der Waals surface area contributed by atoms with Gasteiger partial charge < -0.3 is 25.2 Å². The van der Waals surface area contributed by atoms with E-state index >= 15 is 0 Å². The molecular weight excluding hydrogens is 284 g/mol. The first-order valence-electron chi connectivity index (χ1n) is 7.53. The summed E-state index contributed by atoms with van der Waals surface area (Å²) in [5.41, 5.74) is 0.649. The zero-order valence-corrected chi connectivity index (χ0v) is 13.1. The maximum Gasteiger partial charge on any atom is 0.221 e. The molecule has 0 aliphatic carbocycles. The molecule has 6 heteroatoms. The third kappa shape index (κ3) is 4.61. The molecule has 0 aromatic heterocycles. The van der Waals surface area contributed by atoms with Crippen LogP contribution in [0.15, 0.2) is 18.2 Å². The second-order valence-corrected chi connectivity index (χ2v) is 5.46. The highest BCUT2D eigenvalue weighted by Gasteiger charge is 2.18. The van der Waals surface area contributed by atoms with Crippen LogP contribution in [0.3, 0.4) is 0 Å². The van der Waals surface area contributed by atoms with Crippen molar-refractivity contribution in [2.45, 2.75) is 31.4 Å². The molecule has 2 unspecified atom stereocenters. The second-order valence-electron chi connectivity index (χ2n) is 5.46. The largest absolute Gasteiger partial charge is 0.497 e. The van der Waals surface area contributed by atoms with E-state index in [0.29, 0.717) is 23.5 Å². The van der Waals surface area contributed by atoms with Crippen molar-refractivity contribution in [1.29, 1.82) is 0 Å². The summed E-state index contributed by atoms with van der Waals surface area (Å²) in [5.74, 6) is 1.16. The quantitative estimate of drug-likeness (QED) is 0.700. The van der Waals surface area contributed by atoms with Gasteiger partial charge in [0.05, 0.1) is 20.3 Å². The van der Waals surface area contributed by atoms with Crippen molar-refractivity contribution in [3.8, 4) is 11.5 Å². The summed E-state index contributed by atoms with van der Waals surface area (Å²) < 4.78 is 10.4. The molecule has 0 bridgehead atoms. The Hall–Kier alpha value is -1.79. The first-order valence-corrected chi connectivity index (χ1v) is 7.53. The molecule has 0 spiro atoms. The molecule has 2 atom stereocenters. The Bertz CT molecular complexity index is 479. The van der Waals surface area contributed by atoms with Gasteiger partial charge in [-0.15, -0.1) is 0 Å². The smallest absolute Gasteiger partial charge is 0.221 e. The van der Waals surface area contributed by atoms with Crippen LogP contribution in [-0.2, 0) is 4.79 Å². The number of methoxy groups -OCH3 is 2. The summed E-state index contributed by atoms with van der Waals surface area (Å²) in [6.07, 6.45) is 1.80. The number of hydrogen-bond donors (Lipinski definition) is 3. The van der Waals surface area contributed by atoms with E-state index in [1.165, 1.54) is 0 Å². The normalized spacial score (nSPS) is 18.8. The van der Waals surface area contributed by atoms with Crippen LogP contribution in [-0.4, -0.2) is 44.4 Å². The molecule has 1 amide bonds. The van der Waals surface area contributed by atoms with Gasteiger partial charge in [-0.2, -0.15) is 0 Å². The average Bonchev–Trinajstić information content (AvgIpc) is 3.04. The van der Waals surface area contributed by atoms with Crippen LogP contribution < -0.4 is 20.1 Å². The van der Waals surface area contributed by atoms with Crippen LogP contribution >= 0.6 is 0 Å². The third-order valence-corrected chi connectivity index (χ3v) is 3.85. The molecule has 0 saturated carbocycles. The van der Waals surface area contributed by atoms with Crippen molar-refractivity contribution in [2.75, 3.05) is 27.3 Å². The lowest BCUT2D eigenvalue weighted by atomic mass is 10.1. The zero-order valence-electron chi connectivity index (χ0n) is 13.1. The van der Waals surface area contributed by atoms with Crippen molar-refractivity contribution in [3.63, 3.8) is 0 Å². The monoisotopic (exact) mass is 308 g/mol. The topological polar surface area (TPSA) is 79.8 Å². The van der Waals surface area contributed by atoms with E-state index in [1.807, 2.05) is 0 Å². The van der Waals surface area contributed by atoms with E-state index < -0.39 is 6.10 Å². The number of aliphatic hydroxyl groups is 1. The Kier molecular flexibility index (Phi) is 6.03. The van der Waals surface area contributed by atoms with Gasteiger partial charge in [0.1, 0.15) is 11.5 Å². The van der Waals surface area contributed by atoms with Gasteiger partial charge in [-0.3, -0.25) is 4.79 Å². The minimum absolute atomic E-state index is 0.0479. The molecule has 0 radical (unpaired) electrons. The van der Waals surface area contributed by atoms with Crippen LogP contribution in [0.5, 0.6) is 11.5 Å². The van der Waals surface area contributed by atoms with E-state index in [2.05, 4.69) is 10.6 Å². The molecule has 22 heavy (non-hydrogen) atoms. The molecule has 1 fully saturated rings. The van der Waals surface area contributed by atoms with E-state index in [9.17, 15) is 9.90 Å². The molecule has 1 saturated heterocycles. The molecule has 1 aliphatic heterocycles. The average molecular weight is 308 g/mol. The maximum absolute atomic E-state index is 11.9. The summed E-state index contributed by atoms with van der Waals surface area (Å²) in [7, 11) is 3.11. The van der Waals surface area contributed by atoms with E-state index in [4.69, 9.17) is 9.47 Å². The number of rotatable bonds is 7. The predicted molar refractivity (Wildman–Crippen MR) is 83.2 cm³/mol. The molecular formula is C16H24N2O4. The Morgan fingerprint density at radius 3 is 2.59 bits per heavy atom. The first kappa shape index (κ1) is 16.6. The van der Waals surface area contributed by atoms with Crippen molar-refractivity contribution in [1.82, 2.24) is 10.6 Å². The van der Waals surface area contributed by atoms with Gasteiger partial charge in [-0.05, 0) is 37.1 Å². The van der Waals surface area contributed by atoms with Crippen molar-refractivity contribution in [2.24, 2.45) is 0 Å². The fraction of sp³-hybridized carbons (Fsp3) is 0.562. The van der Waals surface area contributed by atoms with Crippen LogP contribution in [0, 0.1) is 0 Å². The highest BCUT2D eigenvalue weighted by molar-refractivity contribution is 5.76. The summed E-state index contributed by atoms with van der Waals surface area (Å²) in [4.78, 5) is 11.9. The lowest BCUT2D eigenvalue weighted by Gasteiger charge is -2.16. The standard InChI is InChI=1S/C16H24N2O4/c1-21-13-6-11(7-14(9-13)22-2)15(19)10-18-16(20)8-12-4-3-5-17-12/h6-7,9,12,15,17,19H,3-5,8,10H2,1-2H3,(H,18,20). The van der Waals surface area contributed by atoms with Crippen LogP contribution in [0.4, 0.5) is 0 Å². The van der Waals surface area contributed by atoms with Crippen LogP contribution in [0.2, 0.25) is 0 Å². The Morgan fingerprint density at radius 1 is 1.36 bits per heavy atom. The number of ether oxygens (including phenoxy) is 2. The SMILES string of the molecule is COc1cc(OC)cc(C(O)CNC(=O)CC2CCCN2)c1. The maximum atomic E-state index is 11.9. The number of amides is 1. The molecule has 2 rings (SSSR count). The molecule has 1 aromatic rings. The Labute approximate surface area is 130 Å². The van der Waals surface area contributed by atoms with Gasteiger partial charge in [0.25, 0.3) is 0 Å². The van der Waals surface area contributed by atoms with Gasteiger partial charge in [0.2, 0.25) is 5.91 Å². The highest BCUT2D eigenvalue weighted by Crippen LogP contribution is 2.26. The summed E-state index contributed by atoms with van der Waals surface area (Å²) in [5, 5.41) is 16.3. The summed E-state index contributed by atoms with van der Waals surface area (Å²) >= 11 is 0. The minimum Gasteiger partial charge on any atom is -0.497 e. The van der Waals surface area contributed by atoms with Crippen LogP contribution in [0.25, 0.3) is 0 Å². The highest BCUT2D eigenvalue weighted by atomic mass is 16.5. The zero-order chi connectivity index (χ0) is 15.9. The second kappa shape index (κ2) is 8.00. The minimum atomic E-state index is -0.801. The lowest BCUT2D eigenvalue weighted by Crippen LogP contribution is -2.34. The number of carbonyl (C=O) groups excluding carboxylic acids is 1. The number of benzene rings is 1. The first-order chi connectivity index (χ1) is 10.6. The number of aliphatic hydroxyl groups excluding tert-OH is 1. The molecule has 3 N–H and O–H groups in total. The molecule has 6 nitrogen and oxygen atoms in total. The Balaban J connectivity index is 1.88. The summed E-state index contributed by atoms with van der Waals surface area (Å²) in [6, 6.07) is 5.46. The molecule has 1 heterocycles. The number of carbonyl (C=O) groups is 1. The predicted octanol–water partition coefficient (Wildman–Crippen LogP) is 0.995. The molecule has 1 aliphatic rings. The van der Waals surface area contributed by atoms with E-state index in [1.54, 1.807) is 32.4 Å². The fourth-order valence-electron chi connectivity index (χ4n) is 2.58. The van der Waals surface area contributed by atoms with Gasteiger partial charge in [0.15, 0.2) is 0 Å². The Morgan fingerprint density at radius 2 is 2.05 bits per heavy atom. The third-order valence-electron chi connectivity index (χ3n) is 3.85. The molecule has 122 valence electrons. The number of hydrogen-bond acceptors (Lipinski definition) is 5. The van der Waals surface area contributed by atoms with E-state index in [-0.39, 0.29) is 18.5 Å². The van der Waals surface area contributed by atoms with Crippen molar-refractivity contribution >= 4 is 5.91 Å². The van der Waals surface area contributed by atoms with Crippen molar-refractivity contribution in [3.05, 3.63) is 23.8 Å². The fourth-order valence-corrected chi connectivity index (χ4v) is 2.58. The van der Waals surface area contributed by atoms with E-state index in [0.717, 1.165) is 19.4 Å². The van der Waals surface area contributed by atoms with Gasteiger partial charge in [0, 0.05) is 25.1 Å². The van der Waals surface area contributed by atoms with Gasteiger partial charge >= 0.3 is 0 Å². The number of nitrogens with one attached hydrogen (secondary N) is 2. The van der Waals surface area contributed by atoms with Crippen molar-refractivity contribution < 1.29 is 19.4 Å². The van der Waals surface area contributed by atoms with Gasteiger partial charge in [-0.25, -0.2) is 0 Å². The molecule has 1 aromatic carbocycles.